The molecular formula is C21H22N2O4. The zero-order valence-corrected chi connectivity index (χ0v) is 15.2. The lowest BCUT2D eigenvalue weighted by molar-refractivity contribution is -0.131. The summed E-state index contributed by atoms with van der Waals surface area (Å²) in [5, 5.41) is 2.92. The second-order valence-electron chi connectivity index (χ2n) is 6.70. The largest absolute Gasteiger partial charge is 0.494 e. The van der Waals surface area contributed by atoms with E-state index in [9.17, 15) is 9.59 Å². The van der Waals surface area contributed by atoms with Crippen LogP contribution in [0.15, 0.2) is 48.5 Å². The number of aryl methyl sites for hydroxylation is 1. The van der Waals surface area contributed by atoms with Crippen LogP contribution in [0.5, 0.6) is 11.5 Å². The van der Waals surface area contributed by atoms with Gasteiger partial charge in [0.15, 0.2) is 0 Å². The van der Waals surface area contributed by atoms with Gasteiger partial charge in [-0.05, 0) is 55.2 Å². The summed E-state index contributed by atoms with van der Waals surface area (Å²) in [7, 11) is 0. The zero-order valence-electron chi connectivity index (χ0n) is 15.2. The van der Waals surface area contributed by atoms with Gasteiger partial charge in [0.05, 0.1) is 13.2 Å². The molecule has 4 rings (SSSR count). The fourth-order valence-electron chi connectivity index (χ4n) is 3.85. The van der Waals surface area contributed by atoms with E-state index in [1.807, 2.05) is 55.5 Å². The molecule has 2 aliphatic rings. The van der Waals surface area contributed by atoms with E-state index in [0.717, 1.165) is 23.3 Å². The van der Waals surface area contributed by atoms with Gasteiger partial charge < -0.3 is 14.8 Å². The molecule has 0 saturated carbocycles. The summed E-state index contributed by atoms with van der Waals surface area (Å²) in [6.07, 6.45) is 1.39. The minimum absolute atomic E-state index is 0.187. The number of ether oxygens (including phenoxy) is 2. The molecule has 1 spiro atoms. The monoisotopic (exact) mass is 366 g/mol. The molecule has 27 heavy (non-hydrogen) atoms. The topological polar surface area (TPSA) is 67.9 Å². The number of fused-ring (bicyclic) bond motifs is 2. The zero-order chi connectivity index (χ0) is 18.9. The van der Waals surface area contributed by atoms with Crippen LogP contribution in [0, 0.1) is 0 Å². The maximum Gasteiger partial charge on any atom is 0.325 e. The third-order valence-electron chi connectivity index (χ3n) is 5.14. The molecule has 0 bridgehead atoms. The summed E-state index contributed by atoms with van der Waals surface area (Å²) in [5.74, 6) is 1.26. The molecule has 3 amide bonds. The predicted octanol–water partition coefficient (Wildman–Crippen LogP) is 2.86. The summed E-state index contributed by atoms with van der Waals surface area (Å²) in [4.78, 5) is 26.7. The lowest BCUT2D eigenvalue weighted by Crippen LogP contribution is -2.42. The molecule has 2 aromatic carbocycles. The normalized spacial score (nSPS) is 20.7. The number of hydrogen-bond acceptors (Lipinski definition) is 4. The number of nitrogens with zero attached hydrogens (tertiary/aromatic N) is 1. The summed E-state index contributed by atoms with van der Waals surface area (Å²) in [6, 6.07) is 14.7. The summed E-state index contributed by atoms with van der Waals surface area (Å²) in [6.45, 7) is 2.99. The number of rotatable bonds is 6. The Bertz CT molecular complexity index is 865. The van der Waals surface area contributed by atoms with Crippen molar-refractivity contribution < 1.29 is 19.1 Å². The van der Waals surface area contributed by atoms with Crippen LogP contribution in [0.1, 0.15) is 24.5 Å². The smallest absolute Gasteiger partial charge is 0.325 e. The lowest BCUT2D eigenvalue weighted by atomic mass is 9.92. The van der Waals surface area contributed by atoms with Crippen molar-refractivity contribution >= 4 is 11.9 Å². The third kappa shape index (κ3) is 3.01. The Morgan fingerprint density at radius 2 is 1.74 bits per heavy atom. The van der Waals surface area contributed by atoms with E-state index in [0.29, 0.717) is 18.8 Å². The van der Waals surface area contributed by atoms with Gasteiger partial charge in [0.2, 0.25) is 0 Å². The summed E-state index contributed by atoms with van der Waals surface area (Å²) >= 11 is 0. The Kier molecular flexibility index (Phi) is 4.48. The van der Waals surface area contributed by atoms with Gasteiger partial charge in [0, 0.05) is 0 Å². The first-order chi connectivity index (χ1) is 13.1. The van der Waals surface area contributed by atoms with Gasteiger partial charge in [-0.3, -0.25) is 9.69 Å². The molecule has 0 aromatic heterocycles. The van der Waals surface area contributed by atoms with Crippen molar-refractivity contribution in [1.29, 1.82) is 0 Å². The van der Waals surface area contributed by atoms with Crippen molar-refractivity contribution in [2.45, 2.75) is 25.3 Å². The summed E-state index contributed by atoms with van der Waals surface area (Å²) < 4.78 is 11.1. The first kappa shape index (κ1) is 17.4. The van der Waals surface area contributed by atoms with E-state index in [1.165, 1.54) is 4.90 Å². The van der Waals surface area contributed by atoms with Crippen LogP contribution in [0.2, 0.25) is 0 Å². The van der Waals surface area contributed by atoms with Crippen LogP contribution in [0.3, 0.4) is 0 Å². The quantitative estimate of drug-likeness (QED) is 0.799. The van der Waals surface area contributed by atoms with Crippen LogP contribution in [0.25, 0.3) is 0 Å². The Hall–Kier alpha value is -3.02. The van der Waals surface area contributed by atoms with Crippen molar-refractivity contribution in [2.24, 2.45) is 0 Å². The highest BCUT2D eigenvalue weighted by atomic mass is 16.5. The van der Waals surface area contributed by atoms with Crippen molar-refractivity contribution in [1.82, 2.24) is 10.2 Å². The maximum atomic E-state index is 13.0. The number of hydrogen-bond donors (Lipinski definition) is 1. The van der Waals surface area contributed by atoms with Crippen molar-refractivity contribution in [3.05, 3.63) is 59.7 Å². The second-order valence-corrected chi connectivity index (χ2v) is 6.70. The van der Waals surface area contributed by atoms with Gasteiger partial charge >= 0.3 is 6.03 Å². The van der Waals surface area contributed by atoms with E-state index in [-0.39, 0.29) is 25.1 Å². The number of amides is 3. The van der Waals surface area contributed by atoms with Crippen LogP contribution in [0.4, 0.5) is 4.79 Å². The number of urea groups is 1. The van der Waals surface area contributed by atoms with Crippen molar-refractivity contribution in [3.63, 3.8) is 0 Å². The number of carbonyl (C=O) groups is 2. The van der Waals surface area contributed by atoms with Gasteiger partial charge in [0.25, 0.3) is 5.91 Å². The minimum atomic E-state index is -0.910. The molecule has 140 valence electrons. The standard InChI is InChI=1S/C21H22N2O4/c1-2-26-16-7-9-17(10-8-16)27-14-13-23-19(24)21(22-20(23)25)12-11-15-5-3-4-6-18(15)21/h3-10H,2,11-14H2,1H3,(H,22,25). The van der Waals surface area contributed by atoms with E-state index < -0.39 is 5.54 Å². The van der Waals surface area contributed by atoms with E-state index in [2.05, 4.69) is 5.32 Å². The van der Waals surface area contributed by atoms with Crippen LogP contribution < -0.4 is 14.8 Å². The van der Waals surface area contributed by atoms with E-state index in [4.69, 9.17) is 9.47 Å². The average molecular weight is 366 g/mol. The molecule has 1 atom stereocenters. The Labute approximate surface area is 158 Å². The SMILES string of the molecule is CCOc1ccc(OCCN2C(=O)NC3(CCc4ccccc43)C2=O)cc1. The van der Waals surface area contributed by atoms with Crippen LogP contribution in [-0.2, 0) is 16.8 Å². The number of carbonyl (C=O) groups excluding carboxylic acids is 2. The predicted molar refractivity (Wildman–Crippen MR) is 99.8 cm³/mol. The van der Waals surface area contributed by atoms with Gasteiger partial charge in [-0.15, -0.1) is 0 Å². The van der Waals surface area contributed by atoms with Crippen molar-refractivity contribution in [3.8, 4) is 11.5 Å². The highest BCUT2D eigenvalue weighted by molar-refractivity contribution is 6.08. The molecule has 1 heterocycles. The second kappa shape index (κ2) is 6.95. The number of nitrogens with one attached hydrogen (secondary N) is 1. The van der Waals surface area contributed by atoms with E-state index >= 15 is 0 Å². The average Bonchev–Trinajstić information content (AvgIpc) is 3.17. The Morgan fingerprint density at radius 1 is 1.04 bits per heavy atom. The molecule has 1 aliphatic carbocycles. The van der Waals surface area contributed by atoms with Gasteiger partial charge in [-0.2, -0.15) is 0 Å². The fourth-order valence-corrected chi connectivity index (χ4v) is 3.85. The minimum Gasteiger partial charge on any atom is -0.494 e. The molecular weight excluding hydrogens is 344 g/mol. The lowest BCUT2D eigenvalue weighted by Gasteiger charge is -2.22. The molecule has 1 fully saturated rings. The third-order valence-corrected chi connectivity index (χ3v) is 5.14. The molecule has 6 nitrogen and oxygen atoms in total. The molecule has 1 N–H and O–H groups in total. The van der Waals surface area contributed by atoms with E-state index in [1.54, 1.807) is 0 Å². The highest BCUT2D eigenvalue weighted by Gasteiger charge is 2.54. The van der Waals surface area contributed by atoms with Gasteiger partial charge in [-0.25, -0.2) is 4.79 Å². The van der Waals surface area contributed by atoms with Crippen molar-refractivity contribution in [2.75, 3.05) is 19.8 Å². The molecule has 0 radical (unpaired) electrons. The molecule has 2 aromatic rings. The Balaban J connectivity index is 1.40. The first-order valence-corrected chi connectivity index (χ1v) is 9.22. The van der Waals surface area contributed by atoms with Crippen LogP contribution in [-0.4, -0.2) is 36.6 Å². The first-order valence-electron chi connectivity index (χ1n) is 9.22. The molecule has 6 heteroatoms. The fraction of sp³-hybridized carbons (Fsp3) is 0.333. The highest BCUT2D eigenvalue weighted by Crippen LogP contribution is 2.41. The number of benzene rings is 2. The van der Waals surface area contributed by atoms with Gasteiger partial charge in [0.1, 0.15) is 23.6 Å². The molecule has 1 unspecified atom stereocenters. The van der Waals surface area contributed by atoms with Gasteiger partial charge in [-0.1, -0.05) is 24.3 Å². The maximum absolute atomic E-state index is 13.0. The summed E-state index contributed by atoms with van der Waals surface area (Å²) in [5.41, 5.74) is 1.13. The number of imide groups is 1. The molecule has 1 saturated heterocycles. The molecule has 1 aliphatic heterocycles. The van der Waals surface area contributed by atoms with Crippen LogP contribution >= 0.6 is 0 Å². The Morgan fingerprint density at radius 3 is 2.48 bits per heavy atom.